The number of hydrogen-bond acceptors (Lipinski definition) is 2. The zero-order valence-corrected chi connectivity index (χ0v) is 21.9. The summed E-state index contributed by atoms with van der Waals surface area (Å²) >= 11 is 1.74. The molecule has 34 heavy (non-hydrogen) atoms. The highest BCUT2D eigenvalue weighted by atomic mass is 32.1. The normalized spacial score (nSPS) is 13.8. The van der Waals surface area contributed by atoms with Gasteiger partial charge in [-0.3, -0.25) is 4.98 Å². The monoisotopic (exact) mass is 469 g/mol. The largest absolute Gasteiger partial charge is 0.255 e. The SMILES string of the molecule is Cc1c(C(F)C(C)(C)C)ccc2c1sc1c(-c3cc(C(C)(C)C)c4ccccc4c3)nccc12. The Bertz CT molecular complexity index is 1550. The zero-order chi connectivity index (χ0) is 24.4. The number of thiophene rings is 1. The van der Waals surface area contributed by atoms with Crippen LogP contribution in [0.15, 0.2) is 60.8 Å². The van der Waals surface area contributed by atoms with Gasteiger partial charge in [0.2, 0.25) is 0 Å². The first kappa shape index (κ1) is 23.0. The van der Waals surface area contributed by atoms with Gasteiger partial charge in [0, 0.05) is 27.2 Å². The number of nitrogens with zero attached hydrogens (tertiary/aromatic N) is 1. The highest BCUT2D eigenvalue weighted by Gasteiger charge is 2.28. The Balaban J connectivity index is 1.78. The van der Waals surface area contributed by atoms with Crippen molar-refractivity contribution in [1.29, 1.82) is 0 Å². The van der Waals surface area contributed by atoms with Gasteiger partial charge < -0.3 is 0 Å². The quantitative estimate of drug-likeness (QED) is 0.251. The van der Waals surface area contributed by atoms with Crippen molar-refractivity contribution in [3.8, 4) is 11.3 Å². The number of fused-ring (bicyclic) bond motifs is 4. The summed E-state index contributed by atoms with van der Waals surface area (Å²) in [5.74, 6) is 0. The molecular formula is C31H32FNS. The summed E-state index contributed by atoms with van der Waals surface area (Å²) in [5.41, 5.74) is 4.88. The Hall–Kier alpha value is -2.78. The van der Waals surface area contributed by atoms with E-state index in [4.69, 9.17) is 4.98 Å². The highest BCUT2D eigenvalue weighted by molar-refractivity contribution is 7.26. The van der Waals surface area contributed by atoms with Gasteiger partial charge in [0.25, 0.3) is 0 Å². The molecule has 0 saturated heterocycles. The van der Waals surface area contributed by atoms with Crippen molar-refractivity contribution in [3.05, 3.63) is 77.5 Å². The van der Waals surface area contributed by atoms with Crippen molar-refractivity contribution in [2.24, 2.45) is 5.41 Å². The van der Waals surface area contributed by atoms with Crippen molar-refractivity contribution in [2.75, 3.05) is 0 Å². The van der Waals surface area contributed by atoms with E-state index in [-0.39, 0.29) is 5.41 Å². The van der Waals surface area contributed by atoms with Gasteiger partial charge in [-0.25, -0.2) is 4.39 Å². The van der Waals surface area contributed by atoms with Gasteiger partial charge in [-0.2, -0.15) is 0 Å². The van der Waals surface area contributed by atoms with Gasteiger partial charge in [-0.15, -0.1) is 11.3 Å². The van der Waals surface area contributed by atoms with Crippen molar-refractivity contribution < 1.29 is 4.39 Å². The third-order valence-electron chi connectivity index (χ3n) is 6.82. The molecule has 0 aliphatic rings. The standard InChI is InChI=1S/C31H32FNS/c1-18-21(29(32)31(5,6)7)12-13-23-24-14-15-33-26(28(24)34-27(18)23)20-16-19-10-8-9-11-22(19)25(17-20)30(2,3)4/h8-17,29H,1-7H3. The Labute approximate surface area is 205 Å². The molecule has 0 aliphatic heterocycles. The van der Waals surface area contributed by atoms with Crippen LogP contribution in [-0.2, 0) is 5.41 Å². The first-order chi connectivity index (χ1) is 16.0. The number of hydrogen-bond donors (Lipinski definition) is 0. The first-order valence-electron chi connectivity index (χ1n) is 12.0. The van der Waals surface area contributed by atoms with Crippen molar-refractivity contribution in [3.63, 3.8) is 0 Å². The van der Waals surface area contributed by atoms with Crippen LogP contribution in [0.3, 0.4) is 0 Å². The fourth-order valence-corrected chi connectivity index (χ4v) is 6.25. The van der Waals surface area contributed by atoms with E-state index in [2.05, 4.69) is 76.2 Å². The highest BCUT2D eigenvalue weighted by Crippen LogP contribution is 2.45. The Kier molecular flexibility index (Phi) is 5.33. The van der Waals surface area contributed by atoms with Crippen molar-refractivity contribution in [1.82, 2.24) is 4.98 Å². The second-order valence-corrected chi connectivity index (χ2v) is 12.5. The van der Waals surface area contributed by atoms with Gasteiger partial charge in [-0.1, -0.05) is 77.9 Å². The molecule has 0 radical (unpaired) electrons. The van der Waals surface area contributed by atoms with E-state index < -0.39 is 11.6 Å². The van der Waals surface area contributed by atoms with Crippen LogP contribution >= 0.6 is 11.3 Å². The lowest BCUT2D eigenvalue weighted by atomic mass is 9.82. The maximum absolute atomic E-state index is 15.3. The average Bonchev–Trinajstić information content (AvgIpc) is 3.16. The van der Waals surface area contributed by atoms with Crippen LogP contribution in [0.25, 0.3) is 42.2 Å². The molecular weight excluding hydrogens is 437 g/mol. The number of benzene rings is 3. The molecule has 1 atom stereocenters. The predicted molar refractivity (Wildman–Crippen MR) is 147 cm³/mol. The number of aryl methyl sites for hydroxylation is 1. The Morgan fingerprint density at radius 3 is 2.24 bits per heavy atom. The van der Waals surface area contributed by atoms with Crippen LogP contribution in [0.1, 0.15) is 64.4 Å². The minimum atomic E-state index is -1.01. The van der Waals surface area contributed by atoms with Crippen molar-refractivity contribution in [2.45, 2.75) is 60.1 Å². The molecule has 0 aliphatic carbocycles. The molecule has 2 heterocycles. The molecule has 0 fully saturated rings. The molecule has 0 saturated carbocycles. The summed E-state index contributed by atoms with van der Waals surface area (Å²) in [6.45, 7) is 14.7. The molecule has 0 N–H and O–H groups in total. The zero-order valence-electron chi connectivity index (χ0n) is 21.1. The maximum Gasteiger partial charge on any atom is 0.130 e. The first-order valence-corrected chi connectivity index (χ1v) is 12.8. The molecule has 0 amide bonds. The molecule has 2 aromatic heterocycles. The van der Waals surface area contributed by atoms with E-state index in [9.17, 15) is 0 Å². The molecule has 174 valence electrons. The predicted octanol–water partition coefficient (Wildman–Crippen LogP) is 9.93. The number of halogens is 1. The second-order valence-electron chi connectivity index (χ2n) is 11.5. The lowest BCUT2D eigenvalue weighted by Crippen LogP contribution is -2.15. The van der Waals surface area contributed by atoms with Gasteiger partial charge in [-0.05, 0) is 63.4 Å². The maximum atomic E-state index is 15.3. The van der Waals surface area contributed by atoms with Crippen molar-refractivity contribution >= 4 is 42.3 Å². The van der Waals surface area contributed by atoms with E-state index >= 15 is 4.39 Å². The fraction of sp³-hybridized carbons (Fsp3) is 0.323. The molecule has 3 aromatic carbocycles. The Morgan fingerprint density at radius 1 is 0.824 bits per heavy atom. The van der Waals surface area contributed by atoms with Gasteiger partial charge in [0.15, 0.2) is 0 Å². The van der Waals surface area contributed by atoms with Crippen LogP contribution < -0.4 is 0 Å². The lowest BCUT2D eigenvalue weighted by molar-refractivity contribution is 0.164. The number of pyridine rings is 1. The molecule has 5 aromatic rings. The average molecular weight is 470 g/mol. The van der Waals surface area contributed by atoms with Crippen LogP contribution in [0.5, 0.6) is 0 Å². The van der Waals surface area contributed by atoms with E-state index in [1.54, 1.807) is 11.3 Å². The summed E-state index contributed by atoms with van der Waals surface area (Å²) < 4.78 is 17.7. The van der Waals surface area contributed by atoms with E-state index in [0.717, 1.165) is 27.1 Å². The summed E-state index contributed by atoms with van der Waals surface area (Å²) in [6, 6.07) is 19.3. The smallest absolute Gasteiger partial charge is 0.130 e. The number of aromatic nitrogens is 1. The summed E-state index contributed by atoms with van der Waals surface area (Å²) in [7, 11) is 0. The third kappa shape index (κ3) is 3.71. The molecule has 0 bridgehead atoms. The van der Waals surface area contributed by atoms with E-state index in [0.29, 0.717) is 0 Å². The Morgan fingerprint density at radius 2 is 1.53 bits per heavy atom. The van der Waals surface area contributed by atoms with Gasteiger partial charge >= 0.3 is 0 Å². The molecule has 1 unspecified atom stereocenters. The van der Waals surface area contributed by atoms with Gasteiger partial charge in [0.1, 0.15) is 6.17 Å². The van der Waals surface area contributed by atoms with Crippen LogP contribution in [0.2, 0.25) is 0 Å². The fourth-order valence-electron chi connectivity index (χ4n) is 4.93. The van der Waals surface area contributed by atoms with Crippen LogP contribution in [-0.4, -0.2) is 4.98 Å². The summed E-state index contributed by atoms with van der Waals surface area (Å²) in [6.07, 6.45) is 0.904. The summed E-state index contributed by atoms with van der Waals surface area (Å²) in [5, 5.41) is 4.90. The van der Waals surface area contributed by atoms with Crippen LogP contribution in [0.4, 0.5) is 4.39 Å². The topological polar surface area (TPSA) is 12.9 Å². The molecule has 0 spiro atoms. The lowest BCUT2D eigenvalue weighted by Gasteiger charge is -2.25. The third-order valence-corrected chi connectivity index (χ3v) is 8.17. The van der Waals surface area contributed by atoms with Gasteiger partial charge in [0.05, 0.1) is 10.4 Å². The number of rotatable bonds is 2. The molecule has 3 heteroatoms. The molecule has 1 nitrogen and oxygen atoms in total. The minimum Gasteiger partial charge on any atom is -0.255 e. The summed E-state index contributed by atoms with van der Waals surface area (Å²) in [4.78, 5) is 4.87. The van der Waals surface area contributed by atoms with Crippen LogP contribution in [0, 0.1) is 12.3 Å². The minimum absolute atomic E-state index is 0.0122. The van der Waals surface area contributed by atoms with E-state index in [1.165, 1.54) is 31.8 Å². The molecule has 5 rings (SSSR count). The van der Waals surface area contributed by atoms with E-state index in [1.807, 2.05) is 33.0 Å². The number of alkyl halides is 1. The second kappa shape index (κ2) is 7.88.